The molecule has 5 nitrogen and oxygen atoms in total. The zero-order chi connectivity index (χ0) is 17.9. The Morgan fingerprint density at radius 3 is 2.81 bits per heavy atom. The summed E-state index contributed by atoms with van der Waals surface area (Å²) in [5.41, 5.74) is 1.81. The number of thiophene rings is 1. The molecule has 0 saturated heterocycles. The van der Waals surface area contributed by atoms with Gasteiger partial charge in [0.05, 0.1) is 11.9 Å². The van der Waals surface area contributed by atoms with Gasteiger partial charge in [0.25, 0.3) is 0 Å². The fourth-order valence-electron chi connectivity index (χ4n) is 2.76. The van der Waals surface area contributed by atoms with Crippen molar-refractivity contribution in [3.05, 3.63) is 70.3 Å². The van der Waals surface area contributed by atoms with Crippen molar-refractivity contribution < 1.29 is 13.9 Å². The summed E-state index contributed by atoms with van der Waals surface area (Å²) in [5, 5.41) is 4.92. The predicted octanol–water partition coefficient (Wildman–Crippen LogP) is 4.66. The summed E-state index contributed by atoms with van der Waals surface area (Å²) < 4.78 is 18.4. The third kappa shape index (κ3) is 3.67. The lowest BCUT2D eigenvalue weighted by atomic mass is 10.1. The molecule has 0 aliphatic carbocycles. The SMILES string of the molecule is O=C(Nc1ccc(Oc2ccc(F)cc2)nc1)N1CCc2sccc2C1. The zero-order valence-corrected chi connectivity index (χ0v) is 14.6. The van der Waals surface area contributed by atoms with Crippen molar-refractivity contribution in [3.63, 3.8) is 0 Å². The maximum Gasteiger partial charge on any atom is 0.322 e. The average molecular weight is 369 g/mol. The van der Waals surface area contributed by atoms with E-state index in [-0.39, 0.29) is 11.8 Å². The van der Waals surface area contributed by atoms with Gasteiger partial charge in [-0.1, -0.05) is 0 Å². The lowest BCUT2D eigenvalue weighted by Crippen LogP contribution is -2.38. The van der Waals surface area contributed by atoms with Gasteiger partial charge < -0.3 is 15.0 Å². The molecule has 1 aromatic carbocycles. The van der Waals surface area contributed by atoms with Crippen LogP contribution in [0.2, 0.25) is 0 Å². The quantitative estimate of drug-likeness (QED) is 0.730. The summed E-state index contributed by atoms with van der Waals surface area (Å²) in [6.45, 7) is 1.34. The van der Waals surface area contributed by atoms with Gasteiger partial charge in [-0.05, 0) is 53.8 Å². The van der Waals surface area contributed by atoms with Crippen LogP contribution >= 0.6 is 11.3 Å². The van der Waals surface area contributed by atoms with Gasteiger partial charge >= 0.3 is 6.03 Å². The van der Waals surface area contributed by atoms with Crippen molar-refractivity contribution in [3.8, 4) is 11.6 Å². The molecule has 132 valence electrons. The first-order chi connectivity index (χ1) is 12.7. The van der Waals surface area contributed by atoms with Gasteiger partial charge in [-0.25, -0.2) is 14.2 Å². The number of carbonyl (C=O) groups excluding carboxylic acids is 1. The first kappa shape index (κ1) is 16.5. The van der Waals surface area contributed by atoms with E-state index in [9.17, 15) is 9.18 Å². The molecule has 0 radical (unpaired) electrons. The fraction of sp³-hybridized carbons (Fsp3) is 0.158. The zero-order valence-electron chi connectivity index (χ0n) is 13.8. The largest absolute Gasteiger partial charge is 0.439 e. The van der Waals surface area contributed by atoms with Gasteiger partial charge in [-0.2, -0.15) is 0 Å². The molecule has 0 fully saturated rings. The number of benzene rings is 1. The van der Waals surface area contributed by atoms with E-state index in [1.807, 2.05) is 0 Å². The number of halogens is 1. The molecule has 3 aromatic rings. The number of carbonyl (C=O) groups is 1. The number of nitrogens with one attached hydrogen (secondary N) is 1. The first-order valence-electron chi connectivity index (χ1n) is 8.18. The van der Waals surface area contributed by atoms with Crippen molar-refractivity contribution in [2.24, 2.45) is 0 Å². The van der Waals surface area contributed by atoms with Crippen LogP contribution in [0.15, 0.2) is 54.0 Å². The molecule has 2 aromatic heterocycles. The van der Waals surface area contributed by atoms with E-state index in [2.05, 4.69) is 21.7 Å². The molecule has 0 bridgehead atoms. The normalized spacial score (nSPS) is 13.2. The molecular weight excluding hydrogens is 353 g/mol. The number of rotatable bonds is 3. The predicted molar refractivity (Wildman–Crippen MR) is 98.2 cm³/mol. The van der Waals surface area contributed by atoms with Crippen LogP contribution in [0.3, 0.4) is 0 Å². The fourth-order valence-corrected chi connectivity index (χ4v) is 3.65. The number of hydrogen-bond acceptors (Lipinski definition) is 4. The molecule has 0 saturated carbocycles. The Morgan fingerprint density at radius 1 is 1.19 bits per heavy atom. The number of fused-ring (bicyclic) bond motifs is 1. The van der Waals surface area contributed by atoms with Crippen LogP contribution in [-0.2, 0) is 13.0 Å². The van der Waals surface area contributed by atoms with Crippen molar-refractivity contribution >= 4 is 23.1 Å². The smallest absolute Gasteiger partial charge is 0.322 e. The second-order valence-corrected chi connectivity index (χ2v) is 6.91. The lowest BCUT2D eigenvalue weighted by molar-refractivity contribution is 0.207. The Bertz CT molecular complexity index is 909. The Kier molecular flexibility index (Phi) is 4.53. The average Bonchev–Trinajstić information content (AvgIpc) is 3.13. The van der Waals surface area contributed by atoms with E-state index in [1.165, 1.54) is 40.9 Å². The van der Waals surface area contributed by atoms with Crippen LogP contribution in [0, 0.1) is 5.82 Å². The number of urea groups is 1. The summed E-state index contributed by atoms with van der Waals surface area (Å²) in [6, 6.07) is 11.0. The third-order valence-corrected chi connectivity index (χ3v) is 5.14. The van der Waals surface area contributed by atoms with Crippen molar-refractivity contribution in [1.29, 1.82) is 0 Å². The standard InChI is InChI=1S/C19H16FN3O2S/c20-14-1-4-16(5-2-14)25-18-6-3-15(11-21-18)22-19(24)23-9-7-17-13(12-23)8-10-26-17/h1-6,8,10-11H,7,9,12H2,(H,22,24). The van der Waals surface area contributed by atoms with Gasteiger partial charge in [-0.3, -0.25) is 0 Å². The Labute approximate surface area is 154 Å². The number of nitrogens with zero attached hydrogens (tertiary/aromatic N) is 2. The molecule has 7 heteroatoms. The molecule has 1 aliphatic heterocycles. The van der Waals surface area contributed by atoms with Gasteiger partial charge in [0.1, 0.15) is 11.6 Å². The lowest BCUT2D eigenvalue weighted by Gasteiger charge is -2.27. The van der Waals surface area contributed by atoms with E-state index >= 15 is 0 Å². The maximum absolute atomic E-state index is 12.9. The van der Waals surface area contributed by atoms with Crippen LogP contribution in [0.1, 0.15) is 10.4 Å². The number of amides is 2. The van der Waals surface area contributed by atoms with Gasteiger partial charge in [0.15, 0.2) is 0 Å². The third-order valence-electron chi connectivity index (χ3n) is 4.12. The molecule has 1 N–H and O–H groups in total. The van der Waals surface area contributed by atoms with Crippen LogP contribution in [-0.4, -0.2) is 22.5 Å². The Balaban J connectivity index is 1.36. The first-order valence-corrected chi connectivity index (χ1v) is 9.06. The van der Waals surface area contributed by atoms with E-state index in [4.69, 9.17) is 4.74 Å². The number of aromatic nitrogens is 1. The number of anilines is 1. The maximum atomic E-state index is 12.9. The summed E-state index contributed by atoms with van der Waals surface area (Å²) in [5.74, 6) is 0.543. The number of ether oxygens (including phenoxy) is 1. The second kappa shape index (κ2) is 7.13. The molecule has 0 unspecified atom stereocenters. The van der Waals surface area contributed by atoms with Crippen LogP contribution < -0.4 is 10.1 Å². The van der Waals surface area contributed by atoms with Crippen LogP contribution in [0.5, 0.6) is 11.6 Å². The molecule has 3 heterocycles. The highest BCUT2D eigenvalue weighted by Gasteiger charge is 2.21. The van der Waals surface area contributed by atoms with E-state index in [0.717, 1.165) is 6.42 Å². The second-order valence-electron chi connectivity index (χ2n) is 5.91. The highest BCUT2D eigenvalue weighted by Crippen LogP contribution is 2.25. The molecule has 26 heavy (non-hydrogen) atoms. The molecular formula is C19H16FN3O2S. The van der Waals surface area contributed by atoms with Gasteiger partial charge in [0, 0.05) is 24.0 Å². The molecule has 2 amide bonds. The van der Waals surface area contributed by atoms with E-state index < -0.39 is 0 Å². The van der Waals surface area contributed by atoms with Crippen molar-refractivity contribution in [1.82, 2.24) is 9.88 Å². The Hall–Kier alpha value is -2.93. The molecule has 1 aliphatic rings. The molecule has 0 atom stereocenters. The van der Waals surface area contributed by atoms with Gasteiger partial charge in [-0.15, -0.1) is 11.3 Å². The highest BCUT2D eigenvalue weighted by molar-refractivity contribution is 7.10. The van der Waals surface area contributed by atoms with Crippen molar-refractivity contribution in [2.75, 3.05) is 11.9 Å². The minimum atomic E-state index is -0.323. The highest BCUT2D eigenvalue weighted by atomic mass is 32.1. The van der Waals surface area contributed by atoms with Gasteiger partial charge in [0.2, 0.25) is 5.88 Å². The topological polar surface area (TPSA) is 54.5 Å². The number of pyridine rings is 1. The minimum Gasteiger partial charge on any atom is -0.439 e. The minimum absolute atomic E-state index is 0.143. The van der Waals surface area contributed by atoms with Crippen LogP contribution in [0.25, 0.3) is 0 Å². The monoisotopic (exact) mass is 369 g/mol. The van der Waals surface area contributed by atoms with E-state index in [0.29, 0.717) is 30.4 Å². The Morgan fingerprint density at radius 2 is 2.04 bits per heavy atom. The molecule has 4 rings (SSSR count). The number of hydrogen-bond donors (Lipinski definition) is 1. The summed E-state index contributed by atoms with van der Waals surface area (Å²) >= 11 is 1.74. The summed E-state index contributed by atoms with van der Waals surface area (Å²) in [7, 11) is 0. The molecule has 0 spiro atoms. The summed E-state index contributed by atoms with van der Waals surface area (Å²) in [4.78, 5) is 19.8. The van der Waals surface area contributed by atoms with Crippen LogP contribution in [0.4, 0.5) is 14.9 Å². The van der Waals surface area contributed by atoms with E-state index in [1.54, 1.807) is 28.4 Å². The summed E-state index contributed by atoms with van der Waals surface area (Å²) in [6.07, 6.45) is 2.43. The van der Waals surface area contributed by atoms with Crippen molar-refractivity contribution in [2.45, 2.75) is 13.0 Å².